The van der Waals surface area contributed by atoms with Gasteiger partial charge in [-0.2, -0.15) is 0 Å². The summed E-state index contributed by atoms with van der Waals surface area (Å²) in [7, 11) is 0. The molecule has 0 spiro atoms. The van der Waals surface area contributed by atoms with Gasteiger partial charge in [0.2, 0.25) is 0 Å². The fourth-order valence-corrected chi connectivity index (χ4v) is 1.42. The van der Waals surface area contributed by atoms with Gasteiger partial charge in [0.25, 0.3) is 0 Å². The topological polar surface area (TPSA) is 17.1 Å². The first-order valence-electron chi connectivity index (χ1n) is 4.43. The van der Waals surface area contributed by atoms with Crippen LogP contribution in [0.3, 0.4) is 0 Å². The molecule has 14 heavy (non-hydrogen) atoms. The van der Waals surface area contributed by atoms with Crippen LogP contribution >= 0.6 is 0 Å². The molecule has 0 aliphatic carbocycles. The summed E-state index contributed by atoms with van der Waals surface area (Å²) in [5.74, 6) is 0. The van der Waals surface area contributed by atoms with E-state index in [2.05, 4.69) is 6.07 Å². The summed E-state index contributed by atoms with van der Waals surface area (Å²) in [6, 6.07) is 18.3. The predicted molar refractivity (Wildman–Crippen MR) is 56.1 cm³/mol. The van der Waals surface area contributed by atoms with Gasteiger partial charge >= 0.3 is 0 Å². The molecule has 0 atom stereocenters. The maximum absolute atomic E-state index is 10.8. The number of carbonyl (C=O) groups is 1. The summed E-state index contributed by atoms with van der Waals surface area (Å²) in [4.78, 5) is 10.8. The summed E-state index contributed by atoms with van der Waals surface area (Å²) in [5, 5.41) is 0. The highest BCUT2D eigenvalue weighted by atomic mass is 16.1. The Morgan fingerprint density at radius 1 is 1.00 bits per heavy atom. The molecule has 0 aromatic heterocycles. The molecule has 0 bridgehead atoms. The van der Waals surface area contributed by atoms with Gasteiger partial charge in [0.15, 0.2) is 6.29 Å². The van der Waals surface area contributed by atoms with Gasteiger partial charge in [-0.15, -0.1) is 0 Å². The average molecular weight is 181 g/mol. The number of hydrogen-bond acceptors (Lipinski definition) is 1. The molecule has 0 aliphatic heterocycles. The van der Waals surface area contributed by atoms with Gasteiger partial charge in [-0.1, -0.05) is 48.5 Å². The summed E-state index contributed by atoms with van der Waals surface area (Å²) >= 11 is 0. The third-order valence-corrected chi connectivity index (χ3v) is 2.09. The molecule has 67 valence electrons. The fraction of sp³-hybridized carbons (Fsp3) is 0. The van der Waals surface area contributed by atoms with Gasteiger partial charge < -0.3 is 0 Å². The van der Waals surface area contributed by atoms with Crippen LogP contribution < -0.4 is 0 Å². The Balaban J connectivity index is 2.57. The normalized spacial score (nSPS) is 9.71. The highest BCUT2D eigenvalue weighted by molar-refractivity contribution is 5.87. The van der Waals surface area contributed by atoms with Crippen molar-refractivity contribution in [2.45, 2.75) is 0 Å². The number of aldehydes is 1. The van der Waals surface area contributed by atoms with Crippen LogP contribution in [0.4, 0.5) is 0 Å². The largest absolute Gasteiger partial charge is 0.298 e. The zero-order valence-corrected chi connectivity index (χ0v) is 7.60. The predicted octanol–water partition coefficient (Wildman–Crippen LogP) is 2.97. The van der Waals surface area contributed by atoms with Crippen LogP contribution in [0.25, 0.3) is 11.1 Å². The minimum absolute atomic E-state index is 0.610. The molecular weight excluding hydrogens is 172 g/mol. The second kappa shape index (κ2) is 3.88. The Hall–Kier alpha value is -1.89. The van der Waals surface area contributed by atoms with Crippen LogP contribution in [0.1, 0.15) is 10.4 Å². The zero-order chi connectivity index (χ0) is 9.80. The molecular formula is C13H9O. The molecule has 2 aromatic rings. The molecule has 0 fully saturated rings. The smallest absolute Gasteiger partial charge is 0.151 e. The Morgan fingerprint density at radius 2 is 1.79 bits per heavy atom. The van der Waals surface area contributed by atoms with Crippen molar-refractivity contribution >= 4 is 6.29 Å². The maximum atomic E-state index is 10.8. The molecule has 0 saturated heterocycles. The highest BCUT2D eigenvalue weighted by Gasteiger charge is 2.01. The van der Waals surface area contributed by atoms with Gasteiger partial charge in [-0.3, -0.25) is 4.79 Å². The maximum Gasteiger partial charge on any atom is 0.151 e. The lowest BCUT2D eigenvalue weighted by Crippen LogP contribution is -1.86. The Bertz CT molecular complexity index is 432. The van der Waals surface area contributed by atoms with Crippen molar-refractivity contribution in [3.8, 4) is 11.1 Å². The van der Waals surface area contributed by atoms with E-state index in [4.69, 9.17) is 0 Å². The summed E-state index contributed by atoms with van der Waals surface area (Å²) in [5.41, 5.74) is 2.59. The van der Waals surface area contributed by atoms with Crippen molar-refractivity contribution in [3.63, 3.8) is 0 Å². The molecule has 0 aliphatic rings. The quantitative estimate of drug-likeness (QED) is 0.651. The van der Waals surface area contributed by atoms with Gasteiger partial charge in [-0.25, -0.2) is 0 Å². The van der Waals surface area contributed by atoms with Gasteiger partial charge in [0.05, 0.1) is 0 Å². The molecule has 1 heteroatoms. The Kier molecular flexibility index (Phi) is 2.41. The second-order valence-corrected chi connectivity index (χ2v) is 2.98. The third kappa shape index (κ3) is 1.57. The average Bonchev–Trinajstić information content (AvgIpc) is 2.30. The molecule has 2 aromatic carbocycles. The van der Waals surface area contributed by atoms with E-state index in [1.807, 2.05) is 42.5 Å². The molecule has 0 saturated carbocycles. The van der Waals surface area contributed by atoms with E-state index >= 15 is 0 Å². The van der Waals surface area contributed by atoms with E-state index in [0.717, 1.165) is 17.4 Å². The number of carbonyl (C=O) groups excluding carboxylic acids is 1. The van der Waals surface area contributed by atoms with E-state index in [-0.39, 0.29) is 0 Å². The van der Waals surface area contributed by atoms with Crippen molar-refractivity contribution in [1.29, 1.82) is 0 Å². The van der Waals surface area contributed by atoms with Crippen LogP contribution in [0.5, 0.6) is 0 Å². The SMILES string of the molecule is O=Cc1[c]cccc1-c1ccccc1. The zero-order valence-electron chi connectivity index (χ0n) is 7.60. The molecule has 0 N–H and O–H groups in total. The first kappa shape index (κ1) is 8.70. The van der Waals surface area contributed by atoms with Crippen molar-refractivity contribution in [1.82, 2.24) is 0 Å². The molecule has 1 radical (unpaired) electrons. The van der Waals surface area contributed by atoms with Crippen LogP contribution in [0.2, 0.25) is 0 Å². The monoisotopic (exact) mass is 181 g/mol. The minimum Gasteiger partial charge on any atom is -0.298 e. The molecule has 0 unspecified atom stereocenters. The van der Waals surface area contributed by atoms with Crippen LogP contribution in [-0.4, -0.2) is 6.29 Å². The number of hydrogen-bond donors (Lipinski definition) is 0. The molecule has 1 nitrogen and oxygen atoms in total. The highest BCUT2D eigenvalue weighted by Crippen LogP contribution is 2.21. The van der Waals surface area contributed by atoms with E-state index < -0.39 is 0 Å². The summed E-state index contributed by atoms with van der Waals surface area (Å²) in [6.45, 7) is 0. The van der Waals surface area contributed by atoms with Crippen LogP contribution in [0.15, 0.2) is 48.5 Å². The Morgan fingerprint density at radius 3 is 2.50 bits per heavy atom. The van der Waals surface area contributed by atoms with Crippen molar-refractivity contribution in [3.05, 3.63) is 60.2 Å². The van der Waals surface area contributed by atoms with E-state index in [9.17, 15) is 4.79 Å². The summed E-state index contributed by atoms with van der Waals surface area (Å²) in [6.07, 6.45) is 0.836. The fourth-order valence-electron chi connectivity index (χ4n) is 1.42. The first-order valence-corrected chi connectivity index (χ1v) is 4.43. The molecule has 2 rings (SSSR count). The number of rotatable bonds is 2. The molecule has 0 amide bonds. The Labute approximate surface area is 83.0 Å². The van der Waals surface area contributed by atoms with Crippen molar-refractivity contribution in [2.75, 3.05) is 0 Å². The minimum atomic E-state index is 0.610. The lowest BCUT2D eigenvalue weighted by Gasteiger charge is -2.02. The van der Waals surface area contributed by atoms with E-state index in [1.54, 1.807) is 6.07 Å². The van der Waals surface area contributed by atoms with E-state index in [1.165, 1.54) is 0 Å². The van der Waals surface area contributed by atoms with Gasteiger partial charge in [-0.05, 0) is 17.2 Å². The van der Waals surface area contributed by atoms with Gasteiger partial charge in [0, 0.05) is 5.56 Å². The first-order chi connectivity index (χ1) is 6.92. The molecule has 0 heterocycles. The van der Waals surface area contributed by atoms with E-state index in [0.29, 0.717) is 5.56 Å². The van der Waals surface area contributed by atoms with Crippen LogP contribution in [0, 0.1) is 6.07 Å². The second-order valence-electron chi connectivity index (χ2n) is 2.98. The number of benzene rings is 2. The third-order valence-electron chi connectivity index (χ3n) is 2.09. The van der Waals surface area contributed by atoms with Crippen molar-refractivity contribution in [2.24, 2.45) is 0 Å². The van der Waals surface area contributed by atoms with Crippen LogP contribution in [-0.2, 0) is 0 Å². The van der Waals surface area contributed by atoms with Gasteiger partial charge in [0.1, 0.15) is 0 Å². The standard InChI is InChI=1S/C13H9O/c14-10-12-8-4-5-9-13(12)11-6-2-1-3-7-11/h1-7,9-10H. The van der Waals surface area contributed by atoms with Crippen molar-refractivity contribution < 1.29 is 4.79 Å². The lowest BCUT2D eigenvalue weighted by molar-refractivity contribution is 0.112. The lowest BCUT2D eigenvalue weighted by atomic mass is 10.0. The summed E-state index contributed by atoms with van der Waals surface area (Å²) < 4.78 is 0.